The van der Waals surface area contributed by atoms with Crippen LogP contribution in [0.15, 0.2) is 77.2 Å². The number of aromatic nitrogens is 2. The first-order valence-corrected chi connectivity index (χ1v) is 10.4. The minimum absolute atomic E-state index is 0.116. The molecule has 0 bridgehead atoms. The van der Waals surface area contributed by atoms with Crippen LogP contribution >= 0.6 is 11.6 Å². The van der Waals surface area contributed by atoms with Gasteiger partial charge in [-0.05, 0) is 73.2 Å². The summed E-state index contributed by atoms with van der Waals surface area (Å²) in [6.07, 6.45) is 2.64. The number of nitriles is 1. The number of nitrogens with one attached hydrogen (secondary N) is 1. The Hall–Kier alpha value is -4.48. The molecule has 2 aromatic carbocycles. The lowest BCUT2D eigenvalue weighted by atomic mass is 10.1. The van der Waals surface area contributed by atoms with E-state index in [1.807, 2.05) is 6.07 Å². The number of nitrogens with zero attached hydrogens (tertiary/aromatic N) is 3. The average Bonchev–Trinajstić information content (AvgIpc) is 2.82. The van der Waals surface area contributed by atoms with Crippen LogP contribution in [0.2, 0.25) is 5.02 Å². The molecule has 0 aliphatic carbocycles. The van der Waals surface area contributed by atoms with Gasteiger partial charge in [-0.3, -0.25) is 14.0 Å². The highest BCUT2D eigenvalue weighted by molar-refractivity contribution is 6.30. The highest BCUT2D eigenvalue weighted by atomic mass is 35.5. The Bertz CT molecular complexity index is 1520. The molecule has 2 aromatic heterocycles. The second-order valence-electron chi connectivity index (χ2n) is 7.21. The van der Waals surface area contributed by atoms with Gasteiger partial charge in [0.15, 0.2) is 0 Å². The third-order valence-electron chi connectivity index (χ3n) is 4.83. The van der Waals surface area contributed by atoms with Crippen molar-refractivity contribution in [3.8, 4) is 17.7 Å². The summed E-state index contributed by atoms with van der Waals surface area (Å²) in [4.78, 5) is 30.5. The monoisotopic (exact) mass is 474 g/mol. The van der Waals surface area contributed by atoms with Crippen LogP contribution in [-0.2, 0) is 4.79 Å². The number of rotatable bonds is 5. The minimum atomic E-state index is -0.730. The maximum Gasteiger partial charge on any atom is 0.269 e. The highest BCUT2D eigenvalue weighted by Gasteiger charge is 2.18. The molecule has 1 amide bonds. The first-order chi connectivity index (χ1) is 16.4. The first-order valence-electron chi connectivity index (χ1n) is 10.00. The Kier molecular flexibility index (Phi) is 6.39. The summed E-state index contributed by atoms with van der Waals surface area (Å²) >= 11 is 5.86. The van der Waals surface area contributed by atoms with Crippen LogP contribution in [0.3, 0.4) is 0 Å². The number of aryl methyl sites for hydroxylation is 1. The van der Waals surface area contributed by atoms with E-state index in [2.05, 4.69) is 10.3 Å². The molecule has 7 nitrogen and oxygen atoms in total. The van der Waals surface area contributed by atoms with Gasteiger partial charge in [0.05, 0.1) is 0 Å². The smallest absolute Gasteiger partial charge is 0.269 e. The molecule has 1 N–H and O–H groups in total. The van der Waals surface area contributed by atoms with E-state index >= 15 is 0 Å². The molecule has 0 atom stereocenters. The van der Waals surface area contributed by atoms with E-state index in [0.29, 0.717) is 21.9 Å². The van der Waals surface area contributed by atoms with Crippen LogP contribution in [0.1, 0.15) is 11.1 Å². The summed E-state index contributed by atoms with van der Waals surface area (Å²) in [6, 6.07) is 16.7. The molecule has 168 valence electrons. The van der Waals surface area contributed by atoms with E-state index in [1.165, 1.54) is 34.9 Å². The zero-order valence-corrected chi connectivity index (χ0v) is 18.5. The van der Waals surface area contributed by atoms with Crippen LogP contribution in [-0.4, -0.2) is 15.3 Å². The van der Waals surface area contributed by atoms with Gasteiger partial charge in [0, 0.05) is 16.9 Å². The Morgan fingerprint density at radius 2 is 1.88 bits per heavy atom. The number of ether oxygens (including phenoxy) is 1. The predicted octanol–water partition coefficient (Wildman–Crippen LogP) is 5.13. The molecule has 34 heavy (non-hydrogen) atoms. The largest absolute Gasteiger partial charge is 0.438 e. The first kappa shape index (κ1) is 22.7. The number of amides is 1. The van der Waals surface area contributed by atoms with E-state index in [9.17, 15) is 19.2 Å². The summed E-state index contributed by atoms with van der Waals surface area (Å²) in [5.74, 6) is -1.09. The van der Waals surface area contributed by atoms with Gasteiger partial charge in [-0.15, -0.1) is 0 Å². The van der Waals surface area contributed by atoms with Crippen molar-refractivity contribution >= 4 is 34.9 Å². The Labute approximate surface area is 198 Å². The normalized spacial score (nSPS) is 11.2. The number of halogens is 2. The van der Waals surface area contributed by atoms with Gasteiger partial charge in [0.2, 0.25) is 5.88 Å². The van der Waals surface area contributed by atoms with Gasteiger partial charge in [-0.2, -0.15) is 10.2 Å². The number of carbonyl (C=O) groups excluding carboxylic acids is 1. The SMILES string of the molecule is Cc1cccn2c(=O)c(/C=C(/C#N)C(=O)Nc3ccc(Cl)cc3)c(Oc3ccc(F)cc3)nc12. The van der Waals surface area contributed by atoms with Crippen molar-refractivity contribution in [1.82, 2.24) is 9.38 Å². The summed E-state index contributed by atoms with van der Waals surface area (Å²) < 4.78 is 20.4. The lowest BCUT2D eigenvalue weighted by Gasteiger charge is -2.11. The molecule has 9 heteroatoms. The third kappa shape index (κ3) is 4.80. The average molecular weight is 475 g/mol. The predicted molar refractivity (Wildman–Crippen MR) is 126 cm³/mol. The Morgan fingerprint density at radius 3 is 2.56 bits per heavy atom. The fraction of sp³-hybridized carbons (Fsp3) is 0.0400. The van der Waals surface area contributed by atoms with E-state index in [1.54, 1.807) is 43.3 Å². The quantitative estimate of drug-likeness (QED) is 0.319. The molecule has 0 fully saturated rings. The van der Waals surface area contributed by atoms with Gasteiger partial charge in [0.25, 0.3) is 11.5 Å². The van der Waals surface area contributed by atoms with Gasteiger partial charge < -0.3 is 10.1 Å². The van der Waals surface area contributed by atoms with Crippen molar-refractivity contribution < 1.29 is 13.9 Å². The number of benzene rings is 2. The van der Waals surface area contributed by atoms with Crippen LogP contribution in [0.25, 0.3) is 11.7 Å². The maximum atomic E-state index is 13.3. The molecule has 0 spiro atoms. The zero-order valence-electron chi connectivity index (χ0n) is 17.8. The number of fused-ring (bicyclic) bond motifs is 1. The molecule has 0 aliphatic rings. The number of hydrogen-bond donors (Lipinski definition) is 1. The summed E-state index contributed by atoms with van der Waals surface area (Å²) in [5, 5.41) is 12.7. The Balaban J connectivity index is 1.82. The molecule has 0 aliphatic heterocycles. The fourth-order valence-electron chi connectivity index (χ4n) is 3.13. The fourth-order valence-corrected chi connectivity index (χ4v) is 3.26. The Morgan fingerprint density at radius 1 is 1.18 bits per heavy atom. The van der Waals surface area contributed by atoms with Gasteiger partial charge in [-0.25, -0.2) is 4.39 Å². The standard InChI is InChI=1S/C25H16ClFN4O3/c1-15-3-2-12-31-22(15)30-24(34-20-10-6-18(27)7-11-20)21(25(31)33)13-16(14-28)23(32)29-19-8-4-17(26)5-9-19/h2-13H,1H3,(H,29,32)/b16-13-. The van der Waals surface area contributed by atoms with Crippen molar-refractivity contribution in [3.05, 3.63) is 105 Å². The van der Waals surface area contributed by atoms with E-state index in [4.69, 9.17) is 16.3 Å². The second kappa shape index (κ2) is 9.57. The van der Waals surface area contributed by atoms with Crippen LogP contribution < -0.4 is 15.6 Å². The highest BCUT2D eigenvalue weighted by Crippen LogP contribution is 2.25. The van der Waals surface area contributed by atoms with Gasteiger partial charge in [0.1, 0.15) is 34.4 Å². The summed E-state index contributed by atoms with van der Waals surface area (Å²) in [5.41, 5.74) is 0.465. The number of pyridine rings is 1. The lowest BCUT2D eigenvalue weighted by Crippen LogP contribution is -2.20. The molecule has 0 unspecified atom stereocenters. The van der Waals surface area contributed by atoms with Gasteiger partial charge in [-0.1, -0.05) is 17.7 Å². The molecular formula is C25H16ClFN4O3. The van der Waals surface area contributed by atoms with Crippen molar-refractivity contribution in [2.75, 3.05) is 5.32 Å². The summed E-state index contributed by atoms with van der Waals surface area (Å²) in [7, 11) is 0. The van der Waals surface area contributed by atoms with Crippen molar-refractivity contribution in [2.45, 2.75) is 6.92 Å². The molecule has 4 rings (SSSR count). The van der Waals surface area contributed by atoms with Crippen LogP contribution in [0.4, 0.5) is 10.1 Å². The molecule has 0 radical (unpaired) electrons. The maximum absolute atomic E-state index is 13.3. The van der Waals surface area contributed by atoms with Crippen molar-refractivity contribution in [3.63, 3.8) is 0 Å². The topological polar surface area (TPSA) is 96.5 Å². The number of carbonyl (C=O) groups is 1. The van der Waals surface area contributed by atoms with Crippen molar-refractivity contribution in [1.29, 1.82) is 5.26 Å². The van der Waals surface area contributed by atoms with E-state index < -0.39 is 17.3 Å². The molecule has 0 saturated heterocycles. The number of hydrogen-bond acceptors (Lipinski definition) is 5. The van der Waals surface area contributed by atoms with Crippen molar-refractivity contribution in [2.24, 2.45) is 0 Å². The van der Waals surface area contributed by atoms with Crippen LogP contribution in [0, 0.1) is 24.1 Å². The van der Waals surface area contributed by atoms with E-state index in [-0.39, 0.29) is 22.8 Å². The molecule has 0 saturated carbocycles. The lowest BCUT2D eigenvalue weighted by molar-refractivity contribution is -0.112. The third-order valence-corrected chi connectivity index (χ3v) is 5.09. The molecular weight excluding hydrogens is 459 g/mol. The minimum Gasteiger partial charge on any atom is -0.438 e. The summed E-state index contributed by atoms with van der Waals surface area (Å²) in [6.45, 7) is 1.78. The van der Waals surface area contributed by atoms with Gasteiger partial charge >= 0.3 is 0 Å². The number of anilines is 1. The molecule has 2 heterocycles. The van der Waals surface area contributed by atoms with Crippen LogP contribution in [0.5, 0.6) is 11.6 Å². The zero-order chi connectivity index (χ0) is 24.2. The second-order valence-corrected chi connectivity index (χ2v) is 7.64. The molecule has 4 aromatic rings. The van der Waals surface area contributed by atoms with E-state index in [0.717, 1.165) is 6.08 Å².